The molecule has 1 N–H and O–H groups in total. The molecule has 1 atom stereocenters. The van der Waals surface area contributed by atoms with Gasteiger partial charge < -0.3 is 19.3 Å². The van der Waals surface area contributed by atoms with Gasteiger partial charge in [-0.3, -0.25) is 9.69 Å². The fourth-order valence-corrected chi connectivity index (χ4v) is 3.13. The molecule has 1 aromatic carbocycles. The molecule has 2 aromatic rings. The third-order valence-electron chi connectivity index (χ3n) is 4.44. The first kappa shape index (κ1) is 19.3. The Labute approximate surface area is 158 Å². The summed E-state index contributed by atoms with van der Waals surface area (Å²) in [4.78, 5) is 18.7. The van der Waals surface area contributed by atoms with Gasteiger partial charge in [0.2, 0.25) is 11.8 Å². The van der Waals surface area contributed by atoms with Gasteiger partial charge in [0, 0.05) is 26.6 Å². The average molecular weight is 374 g/mol. The van der Waals surface area contributed by atoms with Crippen molar-refractivity contribution in [3.8, 4) is 5.75 Å². The van der Waals surface area contributed by atoms with Crippen molar-refractivity contribution in [2.45, 2.75) is 26.3 Å². The van der Waals surface area contributed by atoms with Crippen LogP contribution in [-0.4, -0.2) is 60.4 Å². The van der Waals surface area contributed by atoms with Crippen molar-refractivity contribution in [2.24, 2.45) is 0 Å². The zero-order chi connectivity index (χ0) is 19.1. The number of amides is 1. The smallest absolute Gasteiger partial charge is 0.227 e. The highest BCUT2D eigenvalue weighted by molar-refractivity contribution is 5.77. The zero-order valence-corrected chi connectivity index (χ0v) is 15.8. The van der Waals surface area contributed by atoms with E-state index in [1.54, 1.807) is 6.92 Å². The first-order valence-electron chi connectivity index (χ1n) is 9.26. The van der Waals surface area contributed by atoms with Gasteiger partial charge >= 0.3 is 0 Å². The summed E-state index contributed by atoms with van der Waals surface area (Å²) < 4.78 is 15.9. The topological polar surface area (TPSA) is 89.7 Å². The average Bonchev–Trinajstić information content (AvgIpc) is 3.09. The van der Waals surface area contributed by atoms with E-state index in [2.05, 4.69) is 32.5 Å². The van der Waals surface area contributed by atoms with Gasteiger partial charge in [0.05, 0.1) is 32.3 Å². The van der Waals surface area contributed by atoms with Crippen molar-refractivity contribution in [2.75, 3.05) is 39.5 Å². The summed E-state index contributed by atoms with van der Waals surface area (Å²) in [6.45, 7) is 7.87. The van der Waals surface area contributed by atoms with Crippen molar-refractivity contribution in [3.63, 3.8) is 0 Å². The molecule has 0 radical (unpaired) electrons. The molecule has 1 unspecified atom stereocenters. The summed E-state index contributed by atoms with van der Waals surface area (Å²) in [7, 11) is 0. The number of ether oxygens (including phenoxy) is 2. The summed E-state index contributed by atoms with van der Waals surface area (Å²) >= 11 is 0. The summed E-state index contributed by atoms with van der Waals surface area (Å²) in [5.41, 5.74) is 1.14. The monoisotopic (exact) mass is 374 g/mol. The number of aryl methyl sites for hydroxylation is 1. The van der Waals surface area contributed by atoms with Crippen LogP contribution in [0.3, 0.4) is 0 Å². The lowest BCUT2D eigenvalue weighted by atomic mass is 10.0. The Balaban J connectivity index is 1.65. The summed E-state index contributed by atoms with van der Waals surface area (Å²) in [6.07, 6.45) is 0.108. The van der Waals surface area contributed by atoms with Gasteiger partial charge in [0.1, 0.15) is 5.75 Å². The van der Waals surface area contributed by atoms with Gasteiger partial charge in [-0.2, -0.15) is 4.98 Å². The molecule has 8 heteroatoms. The van der Waals surface area contributed by atoms with Gasteiger partial charge in [-0.05, 0) is 24.6 Å². The van der Waals surface area contributed by atoms with Crippen LogP contribution in [0.4, 0.5) is 0 Å². The largest absolute Gasteiger partial charge is 0.494 e. The molecule has 0 spiro atoms. The lowest BCUT2D eigenvalue weighted by Gasteiger charge is -2.35. The maximum Gasteiger partial charge on any atom is 0.227 e. The van der Waals surface area contributed by atoms with E-state index >= 15 is 0 Å². The van der Waals surface area contributed by atoms with E-state index in [9.17, 15) is 4.79 Å². The lowest BCUT2D eigenvalue weighted by molar-refractivity contribution is -0.120. The number of morpholine rings is 1. The molecule has 1 fully saturated rings. The van der Waals surface area contributed by atoms with Crippen LogP contribution >= 0.6 is 0 Å². The second-order valence-electron chi connectivity index (χ2n) is 6.38. The number of benzene rings is 1. The molecule has 146 valence electrons. The van der Waals surface area contributed by atoms with Gasteiger partial charge in [-0.25, -0.2) is 0 Å². The molecule has 1 amide bonds. The Kier molecular flexibility index (Phi) is 6.78. The number of rotatable bonds is 8. The predicted molar refractivity (Wildman–Crippen MR) is 98.5 cm³/mol. The van der Waals surface area contributed by atoms with Gasteiger partial charge in [-0.1, -0.05) is 17.3 Å². The number of hydrogen-bond acceptors (Lipinski definition) is 7. The van der Waals surface area contributed by atoms with E-state index < -0.39 is 0 Å². The van der Waals surface area contributed by atoms with E-state index in [4.69, 9.17) is 14.0 Å². The van der Waals surface area contributed by atoms with E-state index in [0.717, 1.165) is 24.4 Å². The number of nitrogens with zero attached hydrogens (tertiary/aromatic N) is 3. The van der Waals surface area contributed by atoms with Gasteiger partial charge in [0.15, 0.2) is 5.82 Å². The molecule has 0 bridgehead atoms. The third-order valence-corrected chi connectivity index (χ3v) is 4.44. The Morgan fingerprint density at radius 3 is 2.67 bits per heavy atom. The van der Waals surface area contributed by atoms with Crippen LogP contribution < -0.4 is 10.1 Å². The molecule has 1 aliphatic heterocycles. The second kappa shape index (κ2) is 9.48. The Hall–Kier alpha value is -2.45. The molecule has 27 heavy (non-hydrogen) atoms. The predicted octanol–water partition coefficient (Wildman–Crippen LogP) is 1.51. The first-order chi connectivity index (χ1) is 13.2. The standard InChI is InChI=1S/C19H26N4O4/c1-3-26-16-6-4-15(5-7-16)17(23-8-10-25-11-9-23)13-20-19(24)12-18-21-14(2)27-22-18/h4-7,17H,3,8-13H2,1-2H3,(H,20,24). The minimum Gasteiger partial charge on any atom is -0.494 e. The Bertz CT molecular complexity index is 726. The Morgan fingerprint density at radius 1 is 1.30 bits per heavy atom. The van der Waals surface area contributed by atoms with E-state index in [1.807, 2.05) is 19.1 Å². The zero-order valence-electron chi connectivity index (χ0n) is 15.8. The molecule has 0 saturated carbocycles. The summed E-state index contributed by atoms with van der Waals surface area (Å²) in [5, 5.41) is 6.77. The number of aromatic nitrogens is 2. The minimum atomic E-state index is -0.125. The molecule has 8 nitrogen and oxygen atoms in total. The van der Waals surface area contributed by atoms with Crippen molar-refractivity contribution in [1.29, 1.82) is 0 Å². The van der Waals surface area contributed by atoms with Crippen LogP contribution in [0, 0.1) is 6.92 Å². The van der Waals surface area contributed by atoms with Crippen molar-refractivity contribution < 1.29 is 18.8 Å². The van der Waals surface area contributed by atoms with Crippen molar-refractivity contribution in [3.05, 3.63) is 41.5 Å². The quantitative estimate of drug-likeness (QED) is 0.749. The van der Waals surface area contributed by atoms with Crippen molar-refractivity contribution >= 4 is 5.91 Å². The molecule has 1 aromatic heterocycles. The molecule has 1 aliphatic rings. The molecular weight excluding hydrogens is 348 g/mol. The van der Waals surface area contributed by atoms with Crippen molar-refractivity contribution in [1.82, 2.24) is 20.4 Å². The fraction of sp³-hybridized carbons (Fsp3) is 0.526. The van der Waals surface area contributed by atoms with Crippen LogP contribution in [0.25, 0.3) is 0 Å². The molecular formula is C19H26N4O4. The van der Waals surface area contributed by atoms with E-state index in [1.165, 1.54) is 0 Å². The maximum absolute atomic E-state index is 12.3. The van der Waals surface area contributed by atoms with Crippen LogP contribution in [0.5, 0.6) is 5.75 Å². The summed E-state index contributed by atoms with van der Waals surface area (Å²) in [5.74, 6) is 1.57. The Morgan fingerprint density at radius 2 is 2.04 bits per heavy atom. The summed E-state index contributed by atoms with van der Waals surface area (Å²) in [6, 6.07) is 8.12. The third kappa shape index (κ3) is 5.51. The first-order valence-corrected chi connectivity index (χ1v) is 9.26. The van der Waals surface area contributed by atoms with Crippen LogP contribution in [-0.2, 0) is 16.0 Å². The lowest BCUT2D eigenvalue weighted by Crippen LogP contribution is -2.44. The highest BCUT2D eigenvalue weighted by atomic mass is 16.5. The second-order valence-corrected chi connectivity index (χ2v) is 6.38. The highest BCUT2D eigenvalue weighted by Gasteiger charge is 2.23. The number of carbonyl (C=O) groups is 1. The van der Waals surface area contributed by atoms with Gasteiger partial charge in [-0.15, -0.1) is 0 Å². The minimum absolute atomic E-state index is 0.0699. The SMILES string of the molecule is CCOc1ccc(C(CNC(=O)Cc2noc(C)n2)N2CCOCC2)cc1. The van der Waals surface area contributed by atoms with Gasteiger partial charge in [0.25, 0.3) is 0 Å². The maximum atomic E-state index is 12.3. The highest BCUT2D eigenvalue weighted by Crippen LogP contribution is 2.23. The number of carbonyl (C=O) groups excluding carboxylic acids is 1. The van der Waals surface area contributed by atoms with Crippen LogP contribution in [0.2, 0.25) is 0 Å². The molecule has 1 saturated heterocycles. The van der Waals surface area contributed by atoms with E-state index in [0.29, 0.717) is 38.1 Å². The van der Waals surface area contributed by atoms with E-state index in [-0.39, 0.29) is 18.4 Å². The number of nitrogens with one attached hydrogen (secondary N) is 1. The van der Waals surface area contributed by atoms with Crippen LogP contribution in [0.15, 0.2) is 28.8 Å². The van der Waals surface area contributed by atoms with Crippen LogP contribution in [0.1, 0.15) is 30.2 Å². The molecule has 2 heterocycles. The molecule has 0 aliphatic carbocycles. The fourth-order valence-electron chi connectivity index (χ4n) is 3.13. The number of hydrogen-bond donors (Lipinski definition) is 1. The normalized spacial score (nSPS) is 16.1. The molecule has 3 rings (SSSR count).